The van der Waals surface area contributed by atoms with Crippen molar-refractivity contribution < 1.29 is 14.9 Å². The molecule has 0 aliphatic rings. The van der Waals surface area contributed by atoms with Crippen molar-refractivity contribution in [1.29, 1.82) is 0 Å². The van der Waals surface area contributed by atoms with Crippen LogP contribution in [-0.4, -0.2) is 18.7 Å². The summed E-state index contributed by atoms with van der Waals surface area (Å²) in [6.07, 6.45) is 2.94. The van der Waals surface area contributed by atoms with Crippen molar-refractivity contribution in [1.82, 2.24) is 0 Å². The van der Waals surface area contributed by atoms with Gasteiger partial charge < -0.3 is 14.9 Å². The predicted octanol–water partition coefficient (Wildman–Crippen LogP) is 2.78. The Labute approximate surface area is 94.1 Å². The van der Waals surface area contributed by atoms with Crippen molar-refractivity contribution in [3.8, 4) is 0 Å². The van der Waals surface area contributed by atoms with E-state index in [1.54, 1.807) is 0 Å². The summed E-state index contributed by atoms with van der Waals surface area (Å²) >= 11 is 0. The van der Waals surface area contributed by atoms with Gasteiger partial charge in [-0.25, -0.2) is 0 Å². The van der Waals surface area contributed by atoms with Gasteiger partial charge in [0.05, 0.1) is 25.7 Å². The third kappa shape index (κ3) is 32.1. The molecule has 3 heteroatoms. The Hall–Kier alpha value is -0.960. The van der Waals surface area contributed by atoms with Gasteiger partial charge in [-0.1, -0.05) is 40.9 Å². The lowest BCUT2D eigenvalue weighted by Crippen LogP contribution is -1.95. The minimum atomic E-state index is 0. The molecule has 0 heterocycles. The summed E-state index contributed by atoms with van der Waals surface area (Å²) in [6, 6.07) is 0. The molecule has 0 saturated carbocycles. The summed E-state index contributed by atoms with van der Waals surface area (Å²) in [5, 5.41) is 0. The van der Waals surface area contributed by atoms with Crippen molar-refractivity contribution in [2.45, 2.75) is 27.7 Å². The highest BCUT2D eigenvalue weighted by Gasteiger charge is 1.87. The van der Waals surface area contributed by atoms with Gasteiger partial charge in [0.2, 0.25) is 0 Å². The molecule has 0 radical (unpaired) electrons. The molecule has 92 valence electrons. The molecule has 0 atom stereocenters. The van der Waals surface area contributed by atoms with Crippen molar-refractivity contribution in [3.63, 3.8) is 0 Å². The highest BCUT2D eigenvalue weighted by molar-refractivity contribution is 4.50. The molecule has 0 rings (SSSR count). The lowest BCUT2D eigenvalue weighted by molar-refractivity contribution is 0.212. The maximum Gasteiger partial charge on any atom is 0.0895 e. The predicted molar refractivity (Wildman–Crippen MR) is 65.6 cm³/mol. The average Bonchev–Trinajstić information content (AvgIpc) is 2.12. The molecule has 0 fully saturated rings. The van der Waals surface area contributed by atoms with E-state index in [4.69, 9.17) is 9.47 Å². The Morgan fingerprint density at radius 2 is 1.13 bits per heavy atom. The maximum absolute atomic E-state index is 4.86. The molecule has 0 aromatic carbocycles. The van der Waals surface area contributed by atoms with E-state index >= 15 is 0 Å². The second kappa shape index (κ2) is 15.5. The van der Waals surface area contributed by atoms with E-state index < -0.39 is 0 Å². The first-order chi connectivity index (χ1) is 6.54. The number of hydrogen-bond acceptors (Lipinski definition) is 2. The fourth-order valence-corrected chi connectivity index (χ4v) is 0.521. The number of hydrogen-bond donors (Lipinski definition) is 0. The van der Waals surface area contributed by atoms with E-state index in [9.17, 15) is 0 Å². The van der Waals surface area contributed by atoms with Gasteiger partial charge in [-0.2, -0.15) is 0 Å². The topological polar surface area (TPSA) is 50.0 Å². The molecule has 0 amide bonds. The van der Waals surface area contributed by atoms with Gasteiger partial charge in [0.25, 0.3) is 0 Å². The van der Waals surface area contributed by atoms with Crippen LogP contribution in [-0.2, 0) is 9.47 Å². The van der Waals surface area contributed by atoms with Gasteiger partial charge in [-0.15, -0.1) is 0 Å². The van der Waals surface area contributed by atoms with Crippen LogP contribution in [0.5, 0.6) is 0 Å². The van der Waals surface area contributed by atoms with Crippen molar-refractivity contribution >= 4 is 0 Å². The molecule has 0 aromatic heterocycles. The minimum Gasteiger partial charge on any atom is -0.502 e. The molecular formula is C12H26O3. The number of ether oxygens (including phenoxy) is 2. The van der Waals surface area contributed by atoms with Gasteiger partial charge >= 0.3 is 0 Å². The molecule has 15 heavy (non-hydrogen) atoms. The van der Waals surface area contributed by atoms with Gasteiger partial charge in [0, 0.05) is 0 Å². The van der Waals surface area contributed by atoms with Crippen molar-refractivity contribution in [2.24, 2.45) is 11.8 Å². The van der Waals surface area contributed by atoms with Crippen molar-refractivity contribution in [3.05, 3.63) is 25.7 Å². The highest BCUT2D eigenvalue weighted by Crippen LogP contribution is 1.91. The Kier molecular flexibility index (Phi) is 20.3. The van der Waals surface area contributed by atoms with Crippen LogP contribution in [0.4, 0.5) is 0 Å². The van der Waals surface area contributed by atoms with Gasteiger partial charge in [0.15, 0.2) is 0 Å². The molecule has 0 aliphatic carbocycles. The van der Waals surface area contributed by atoms with Crippen LogP contribution < -0.4 is 0 Å². The quantitative estimate of drug-likeness (QED) is 0.644. The Balaban J connectivity index is -0.000000180. The summed E-state index contributed by atoms with van der Waals surface area (Å²) < 4.78 is 9.72. The van der Waals surface area contributed by atoms with Crippen LogP contribution in [0.25, 0.3) is 0 Å². The summed E-state index contributed by atoms with van der Waals surface area (Å²) in [5.74, 6) is 1.22. The van der Waals surface area contributed by atoms with E-state index in [-0.39, 0.29) is 5.48 Å². The van der Waals surface area contributed by atoms with E-state index in [2.05, 4.69) is 40.9 Å². The first-order valence-electron chi connectivity index (χ1n) is 4.99. The third-order valence-electron chi connectivity index (χ3n) is 1.09. The molecule has 0 aromatic rings. The normalized spacial score (nSPS) is 8.40. The summed E-state index contributed by atoms with van der Waals surface area (Å²) in [6.45, 7) is 16.8. The van der Waals surface area contributed by atoms with E-state index in [1.165, 1.54) is 12.5 Å². The summed E-state index contributed by atoms with van der Waals surface area (Å²) in [4.78, 5) is 0. The van der Waals surface area contributed by atoms with Crippen molar-refractivity contribution in [2.75, 3.05) is 13.2 Å². The third-order valence-corrected chi connectivity index (χ3v) is 1.09. The zero-order chi connectivity index (χ0) is 11.4. The smallest absolute Gasteiger partial charge is 0.0895 e. The molecule has 0 bridgehead atoms. The fraction of sp³-hybridized carbons (Fsp3) is 0.667. The molecule has 0 spiro atoms. The Morgan fingerprint density at radius 1 is 0.867 bits per heavy atom. The molecule has 3 nitrogen and oxygen atoms in total. The Morgan fingerprint density at radius 3 is 1.20 bits per heavy atom. The molecule has 0 saturated heterocycles. The van der Waals surface area contributed by atoms with Gasteiger partial charge in [-0.05, 0) is 11.8 Å². The summed E-state index contributed by atoms with van der Waals surface area (Å²) in [7, 11) is 0. The monoisotopic (exact) mass is 218 g/mol. The number of rotatable bonds is 6. The highest BCUT2D eigenvalue weighted by atomic mass is 16.5. The Bertz CT molecular complexity index is 115. The maximum atomic E-state index is 4.86. The van der Waals surface area contributed by atoms with Crippen LogP contribution in [0.2, 0.25) is 0 Å². The molecule has 0 unspecified atom stereocenters. The molecule has 0 aliphatic heterocycles. The first kappa shape index (κ1) is 19.6. The largest absolute Gasteiger partial charge is 0.502 e. The standard InChI is InChI=1S/2C6H12O.H2O/c2*1-4-7-5-6(2)3;/h2*4,6H,1,5H2,2-3H3;1H2. The van der Waals surface area contributed by atoms with Crippen LogP contribution in [0.1, 0.15) is 27.7 Å². The first-order valence-corrected chi connectivity index (χ1v) is 4.99. The minimum absolute atomic E-state index is 0. The van der Waals surface area contributed by atoms with Crippen LogP contribution in [0, 0.1) is 11.8 Å². The summed E-state index contributed by atoms with van der Waals surface area (Å²) in [5.41, 5.74) is 0. The van der Waals surface area contributed by atoms with E-state index in [0.29, 0.717) is 11.8 Å². The van der Waals surface area contributed by atoms with Gasteiger partial charge in [0.1, 0.15) is 0 Å². The van der Waals surface area contributed by atoms with Crippen LogP contribution >= 0.6 is 0 Å². The molecule has 2 N–H and O–H groups in total. The lowest BCUT2D eigenvalue weighted by atomic mass is 10.2. The average molecular weight is 218 g/mol. The lowest BCUT2D eigenvalue weighted by Gasteiger charge is -2.00. The fourth-order valence-electron chi connectivity index (χ4n) is 0.521. The second-order valence-corrected chi connectivity index (χ2v) is 3.79. The van der Waals surface area contributed by atoms with E-state index in [0.717, 1.165) is 13.2 Å². The second-order valence-electron chi connectivity index (χ2n) is 3.79. The molecular weight excluding hydrogens is 192 g/mol. The van der Waals surface area contributed by atoms with E-state index in [1.807, 2.05) is 0 Å². The zero-order valence-electron chi connectivity index (χ0n) is 10.5. The van der Waals surface area contributed by atoms with Crippen LogP contribution in [0.15, 0.2) is 25.7 Å². The van der Waals surface area contributed by atoms with Crippen LogP contribution in [0.3, 0.4) is 0 Å². The van der Waals surface area contributed by atoms with Gasteiger partial charge in [-0.3, -0.25) is 0 Å². The SMILES string of the molecule is C=COCC(C)C.C=COCC(C)C.O. The zero-order valence-corrected chi connectivity index (χ0v) is 10.5.